The Morgan fingerprint density at radius 2 is 1.64 bits per heavy atom. The second kappa shape index (κ2) is 8.89. The van der Waals surface area contributed by atoms with E-state index in [0.29, 0.717) is 4.31 Å². The van der Waals surface area contributed by atoms with Crippen LogP contribution in [0.25, 0.3) is 0 Å². The van der Waals surface area contributed by atoms with Crippen molar-refractivity contribution in [3.8, 4) is 5.75 Å². The Morgan fingerprint density at radius 3 is 2.25 bits per heavy atom. The van der Waals surface area contributed by atoms with E-state index in [9.17, 15) is 26.8 Å². The van der Waals surface area contributed by atoms with E-state index in [1.165, 1.54) is 13.2 Å². The van der Waals surface area contributed by atoms with Crippen molar-refractivity contribution in [1.82, 2.24) is 4.31 Å². The number of carbonyl (C=O) groups excluding carboxylic acids is 2. The number of esters is 1. The number of nitrogens with zero attached hydrogens (tertiary/aromatic N) is 1. The van der Waals surface area contributed by atoms with Crippen LogP contribution in [0.15, 0.2) is 47.4 Å². The third-order valence-electron chi connectivity index (χ3n) is 3.70. The molecule has 7 nitrogen and oxygen atoms in total. The average molecular weight is 413 g/mol. The molecule has 0 N–H and O–H groups in total. The zero-order valence-electron chi connectivity index (χ0n) is 15.0. The summed E-state index contributed by atoms with van der Waals surface area (Å²) in [6.45, 7) is -1.39. The molecule has 0 saturated carbocycles. The van der Waals surface area contributed by atoms with Gasteiger partial charge in [-0.05, 0) is 42.5 Å². The Balaban J connectivity index is 1.99. The zero-order valence-corrected chi connectivity index (χ0v) is 15.8. The number of ether oxygens (including phenoxy) is 2. The molecule has 28 heavy (non-hydrogen) atoms. The molecule has 0 aromatic heterocycles. The van der Waals surface area contributed by atoms with E-state index in [1.807, 2.05) is 0 Å². The molecule has 0 aliphatic rings. The number of rotatable bonds is 8. The third kappa shape index (κ3) is 5.11. The summed E-state index contributed by atoms with van der Waals surface area (Å²) in [5.41, 5.74) is -0.109. The lowest BCUT2D eigenvalue weighted by molar-refractivity contribution is -0.142. The molecule has 0 aliphatic heterocycles. The van der Waals surface area contributed by atoms with Crippen LogP contribution >= 0.6 is 0 Å². The maximum absolute atomic E-state index is 13.3. The van der Waals surface area contributed by atoms with Crippen LogP contribution in [0, 0.1) is 11.6 Å². The minimum absolute atomic E-state index is 0.109. The summed E-state index contributed by atoms with van der Waals surface area (Å²) >= 11 is 0. The Kier molecular flexibility index (Phi) is 6.81. The van der Waals surface area contributed by atoms with Crippen LogP contribution < -0.4 is 4.74 Å². The molecule has 0 spiro atoms. The van der Waals surface area contributed by atoms with Gasteiger partial charge in [0.15, 0.2) is 6.61 Å². The highest BCUT2D eigenvalue weighted by Crippen LogP contribution is 2.20. The molecule has 0 heterocycles. The molecule has 2 aromatic rings. The highest BCUT2D eigenvalue weighted by molar-refractivity contribution is 7.89. The Morgan fingerprint density at radius 1 is 1.04 bits per heavy atom. The van der Waals surface area contributed by atoms with Gasteiger partial charge in [-0.15, -0.1) is 0 Å². The van der Waals surface area contributed by atoms with Gasteiger partial charge in [0.05, 0.1) is 17.6 Å². The first-order valence-corrected chi connectivity index (χ1v) is 9.33. The maximum Gasteiger partial charge on any atom is 0.321 e. The summed E-state index contributed by atoms with van der Waals surface area (Å²) in [4.78, 5) is 23.8. The van der Waals surface area contributed by atoms with Gasteiger partial charge < -0.3 is 9.47 Å². The molecule has 2 aromatic carbocycles. The minimum Gasteiger partial charge on any atom is -0.496 e. The first-order chi connectivity index (χ1) is 13.1. The van der Waals surface area contributed by atoms with Crippen LogP contribution in [0.1, 0.15) is 10.4 Å². The molecule has 0 bridgehead atoms. The van der Waals surface area contributed by atoms with E-state index in [4.69, 9.17) is 9.47 Å². The van der Waals surface area contributed by atoms with Crippen molar-refractivity contribution in [1.29, 1.82) is 0 Å². The molecule has 0 amide bonds. The summed E-state index contributed by atoms with van der Waals surface area (Å²) in [7, 11) is -1.61. The topological polar surface area (TPSA) is 90.0 Å². The number of carbonyl (C=O) groups is 2. The average Bonchev–Trinajstić information content (AvgIpc) is 2.66. The highest BCUT2D eigenvalue weighted by Gasteiger charge is 2.24. The third-order valence-corrected chi connectivity index (χ3v) is 5.52. The van der Waals surface area contributed by atoms with E-state index < -0.39 is 46.6 Å². The molecule has 10 heteroatoms. The number of methoxy groups -OCH3 is 1. The van der Waals surface area contributed by atoms with Crippen LogP contribution in [-0.2, 0) is 19.6 Å². The minimum atomic E-state index is -4.05. The lowest BCUT2D eigenvalue weighted by Crippen LogP contribution is -2.33. The second-order valence-corrected chi connectivity index (χ2v) is 7.69. The summed E-state index contributed by atoms with van der Waals surface area (Å²) in [5, 5.41) is 0. The van der Waals surface area contributed by atoms with Gasteiger partial charge in [-0.2, -0.15) is 4.31 Å². The number of hydrogen-bond donors (Lipinski definition) is 0. The van der Waals surface area contributed by atoms with Crippen LogP contribution in [-0.4, -0.2) is 51.8 Å². The standard InChI is InChI=1S/C18H17F2NO6S/c1-21(28(24,25)14-6-3-12(19)4-7-14)10-18(23)27-11-16(22)15-9-13(20)5-8-17(15)26-2/h3-9H,10-11H2,1-2H3. The van der Waals surface area contributed by atoms with Gasteiger partial charge >= 0.3 is 5.97 Å². The van der Waals surface area contributed by atoms with Gasteiger partial charge in [-0.25, -0.2) is 17.2 Å². The number of Topliss-reactive ketones (excluding diaryl/α,β-unsaturated/α-hetero) is 1. The fourth-order valence-electron chi connectivity index (χ4n) is 2.22. The number of likely N-dealkylation sites (N-methyl/N-ethyl adjacent to an activating group) is 1. The molecule has 150 valence electrons. The van der Waals surface area contributed by atoms with E-state index in [0.717, 1.165) is 43.4 Å². The van der Waals surface area contributed by atoms with E-state index in [-0.39, 0.29) is 16.2 Å². The normalized spacial score (nSPS) is 11.3. The van der Waals surface area contributed by atoms with Crippen LogP contribution in [0.5, 0.6) is 5.75 Å². The second-order valence-electron chi connectivity index (χ2n) is 5.64. The molecule has 0 fully saturated rings. The lowest BCUT2D eigenvalue weighted by Gasteiger charge is -2.16. The maximum atomic E-state index is 13.3. The fraction of sp³-hybridized carbons (Fsp3) is 0.222. The summed E-state index contributed by atoms with van der Waals surface area (Å²) in [5.74, 6) is -2.86. The molecule has 2 rings (SSSR count). The largest absolute Gasteiger partial charge is 0.496 e. The predicted octanol–water partition coefficient (Wildman–Crippen LogP) is 2.02. The Labute approximate surface area is 160 Å². The molecule has 0 saturated heterocycles. The van der Waals surface area contributed by atoms with Crippen molar-refractivity contribution < 1.29 is 36.3 Å². The Bertz CT molecular complexity index is 976. The Hall–Kier alpha value is -2.85. The van der Waals surface area contributed by atoms with Crippen LogP contribution in [0.4, 0.5) is 8.78 Å². The van der Waals surface area contributed by atoms with E-state index in [2.05, 4.69) is 0 Å². The molecule has 0 atom stereocenters. The van der Waals surface area contributed by atoms with Crippen LogP contribution in [0.2, 0.25) is 0 Å². The first-order valence-electron chi connectivity index (χ1n) is 7.89. The van der Waals surface area contributed by atoms with Gasteiger partial charge in [0.2, 0.25) is 15.8 Å². The van der Waals surface area contributed by atoms with Crippen molar-refractivity contribution in [3.63, 3.8) is 0 Å². The summed E-state index contributed by atoms with van der Waals surface area (Å²) in [6.07, 6.45) is 0. The van der Waals surface area contributed by atoms with Crippen molar-refractivity contribution >= 4 is 21.8 Å². The molecular weight excluding hydrogens is 396 g/mol. The molecule has 0 unspecified atom stereocenters. The van der Waals surface area contributed by atoms with Gasteiger partial charge in [-0.3, -0.25) is 9.59 Å². The predicted molar refractivity (Wildman–Crippen MR) is 94.5 cm³/mol. The summed E-state index contributed by atoms with van der Waals surface area (Å²) in [6, 6.07) is 7.39. The molecular formula is C18H17F2NO6S. The number of benzene rings is 2. The SMILES string of the molecule is COc1ccc(F)cc1C(=O)COC(=O)CN(C)S(=O)(=O)c1ccc(F)cc1. The van der Waals surface area contributed by atoms with Crippen molar-refractivity contribution in [2.45, 2.75) is 4.90 Å². The number of ketones is 1. The van der Waals surface area contributed by atoms with Crippen molar-refractivity contribution in [3.05, 3.63) is 59.7 Å². The number of halogens is 2. The van der Waals surface area contributed by atoms with Gasteiger partial charge in [0.1, 0.15) is 23.9 Å². The van der Waals surface area contributed by atoms with Crippen LogP contribution in [0.3, 0.4) is 0 Å². The van der Waals surface area contributed by atoms with E-state index in [1.54, 1.807) is 0 Å². The first kappa shape index (κ1) is 21.5. The quantitative estimate of drug-likeness (QED) is 0.486. The highest BCUT2D eigenvalue weighted by atomic mass is 32.2. The van der Waals surface area contributed by atoms with Gasteiger partial charge in [0, 0.05) is 7.05 Å². The fourth-order valence-corrected chi connectivity index (χ4v) is 3.34. The number of sulfonamides is 1. The van der Waals surface area contributed by atoms with Crippen molar-refractivity contribution in [2.24, 2.45) is 0 Å². The monoisotopic (exact) mass is 413 g/mol. The molecule has 0 radical (unpaired) electrons. The smallest absolute Gasteiger partial charge is 0.321 e. The van der Waals surface area contributed by atoms with Crippen molar-refractivity contribution in [2.75, 3.05) is 27.3 Å². The lowest BCUT2D eigenvalue weighted by atomic mass is 10.1. The van der Waals surface area contributed by atoms with E-state index >= 15 is 0 Å². The number of hydrogen-bond acceptors (Lipinski definition) is 6. The van der Waals surface area contributed by atoms with Gasteiger partial charge in [-0.1, -0.05) is 0 Å². The zero-order chi connectivity index (χ0) is 20.9. The molecule has 0 aliphatic carbocycles. The summed E-state index contributed by atoms with van der Waals surface area (Å²) < 4.78 is 61.4. The van der Waals surface area contributed by atoms with Gasteiger partial charge in [0.25, 0.3) is 0 Å².